The number of hydrogen-bond donors (Lipinski definition) is 9. The molecule has 1 saturated carbocycles. The van der Waals surface area contributed by atoms with Gasteiger partial charge in [-0.05, 0) is 41.9 Å². The summed E-state index contributed by atoms with van der Waals surface area (Å²) < 4.78 is 48.5. The van der Waals surface area contributed by atoms with Gasteiger partial charge in [0.25, 0.3) is 0 Å². The van der Waals surface area contributed by atoms with Crippen LogP contribution in [0.4, 0.5) is 9.59 Å². The predicted octanol–water partition coefficient (Wildman–Crippen LogP) is 2.03. The quantitative estimate of drug-likeness (QED) is 0.0883. The van der Waals surface area contributed by atoms with E-state index in [2.05, 4.69) is 10.6 Å². The first-order valence-corrected chi connectivity index (χ1v) is 23.8. The van der Waals surface area contributed by atoms with Gasteiger partial charge in [-0.3, -0.25) is 0 Å². The molecular formula is C50H68N2O17. The molecule has 3 aromatic rings. The van der Waals surface area contributed by atoms with Gasteiger partial charge in [0.05, 0.1) is 56.4 Å². The molecule has 19 atom stereocenters. The van der Waals surface area contributed by atoms with Gasteiger partial charge in [-0.1, -0.05) is 112 Å². The SMILES string of the molecule is CCC1OC(OC2C(CO)OC(OC3C(O)C(C)CC(NC(=O)OCc4ccccc4)C3CC3OC(COCc4ccccc4)C(O)C(O)C3NC(=O)OCc3ccccc3)C2O)C(C)C(O)C1O. The summed E-state index contributed by atoms with van der Waals surface area (Å²) in [6.45, 7) is 4.36. The number of benzene rings is 3. The molecule has 3 heterocycles. The molecule has 0 aromatic heterocycles. The van der Waals surface area contributed by atoms with Gasteiger partial charge in [0.1, 0.15) is 55.9 Å². The molecule has 19 nitrogen and oxygen atoms in total. The molecule has 0 spiro atoms. The Kier molecular flexibility index (Phi) is 18.8. The summed E-state index contributed by atoms with van der Waals surface area (Å²) >= 11 is 0. The van der Waals surface area contributed by atoms with E-state index in [-0.39, 0.29) is 39.3 Å². The highest BCUT2D eigenvalue weighted by molar-refractivity contribution is 5.68. The van der Waals surface area contributed by atoms with Crippen LogP contribution >= 0.6 is 0 Å². The van der Waals surface area contributed by atoms with Gasteiger partial charge in [0.2, 0.25) is 0 Å². The van der Waals surface area contributed by atoms with Crippen molar-refractivity contribution < 1.29 is 83.2 Å². The van der Waals surface area contributed by atoms with E-state index < -0.39 is 134 Å². The minimum atomic E-state index is -1.63. The van der Waals surface area contributed by atoms with Gasteiger partial charge in [-0.25, -0.2) is 9.59 Å². The topological polar surface area (TPSA) is 274 Å². The lowest BCUT2D eigenvalue weighted by Gasteiger charge is -2.49. The van der Waals surface area contributed by atoms with Crippen LogP contribution in [0, 0.1) is 17.8 Å². The second kappa shape index (κ2) is 24.7. The third kappa shape index (κ3) is 13.2. The number of hydrogen-bond acceptors (Lipinski definition) is 17. The molecule has 0 bridgehead atoms. The molecule has 69 heavy (non-hydrogen) atoms. The van der Waals surface area contributed by atoms with E-state index in [9.17, 15) is 45.3 Å². The van der Waals surface area contributed by atoms with Crippen molar-refractivity contribution in [3.8, 4) is 0 Å². The van der Waals surface area contributed by atoms with Crippen LogP contribution in [0.1, 0.15) is 56.7 Å². The van der Waals surface area contributed by atoms with Crippen LogP contribution in [0.2, 0.25) is 0 Å². The van der Waals surface area contributed by atoms with Crippen molar-refractivity contribution in [2.45, 2.75) is 158 Å². The predicted molar refractivity (Wildman–Crippen MR) is 243 cm³/mol. The molecule has 4 aliphatic rings. The standard InChI is InChI=1S/C50H68N2O17/c1-4-34-41(56)40(55)28(3)47(66-34)69-46-36(22-53)67-48(44(46)59)68-45-32(33(20-27(2)39(45)54)51-49(60)63-24-30-16-10-6-11-17-30)21-35-38(52-50(61)64-25-31-18-12-7-13-19-31)43(58)42(57)37(65-35)26-62-23-29-14-8-5-9-15-29/h5-19,27-28,32-48,53-59H,4,20-26H2,1-3H3,(H,51,60)(H,52,61). The maximum Gasteiger partial charge on any atom is 0.407 e. The van der Waals surface area contributed by atoms with Crippen LogP contribution < -0.4 is 10.6 Å². The van der Waals surface area contributed by atoms with Crippen LogP contribution in [-0.4, -0.2) is 159 Å². The fourth-order valence-corrected chi connectivity index (χ4v) is 9.68. The van der Waals surface area contributed by atoms with Crippen LogP contribution in [-0.2, 0) is 57.7 Å². The molecule has 3 saturated heterocycles. The van der Waals surface area contributed by atoms with Gasteiger partial charge in [0, 0.05) is 17.9 Å². The summed E-state index contributed by atoms with van der Waals surface area (Å²) in [5.41, 5.74) is 2.29. The van der Waals surface area contributed by atoms with Crippen LogP contribution in [0.3, 0.4) is 0 Å². The Morgan fingerprint density at radius 3 is 1.71 bits per heavy atom. The number of carbonyl (C=O) groups is 2. The van der Waals surface area contributed by atoms with E-state index in [0.717, 1.165) is 11.1 Å². The van der Waals surface area contributed by atoms with Crippen molar-refractivity contribution in [3.63, 3.8) is 0 Å². The average Bonchev–Trinajstić information content (AvgIpc) is 3.66. The lowest BCUT2D eigenvalue weighted by atomic mass is 9.71. The molecule has 19 unspecified atom stereocenters. The van der Waals surface area contributed by atoms with E-state index >= 15 is 0 Å². The zero-order chi connectivity index (χ0) is 49.2. The summed E-state index contributed by atoms with van der Waals surface area (Å²) in [7, 11) is 0. The maximum atomic E-state index is 13.6. The van der Waals surface area contributed by atoms with Gasteiger partial charge >= 0.3 is 12.2 Å². The van der Waals surface area contributed by atoms with E-state index in [0.29, 0.717) is 12.0 Å². The Morgan fingerprint density at radius 2 is 1.13 bits per heavy atom. The third-order valence-corrected chi connectivity index (χ3v) is 13.7. The first-order chi connectivity index (χ1) is 33.3. The number of carbonyl (C=O) groups excluding carboxylic acids is 2. The molecule has 3 aromatic carbocycles. The molecule has 1 aliphatic carbocycles. The number of rotatable bonds is 18. The summed E-state index contributed by atoms with van der Waals surface area (Å²) in [5, 5.41) is 84.7. The second-order valence-corrected chi connectivity index (χ2v) is 18.6. The maximum absolute atomic E-state index is 13.6. The Bertz CT molecular complexity index is 2020. The van der Waals surface area contributed by atoms with Crippen LogP contribution in [0.5, 0.6) is 0 Å². The Morgan fingerprint density at radius 1 is 0.594 bits per heavy atom. The van der Waals surface area contributed by atoms with E-state index in [1.165, 1.54) is 0 Å². The van der Waals surface area contributed by atoms with Gasteiger partial charge in [-0.15, -0.1) is 0 Å². The van der Waals surface area contributed by atoms with Crippen molar-refractivity contribution in [2.24, 2.45) is 17.8 Å². The van der Waals surface area contributed by atoms with Crippen molar-refractivity contribution in [1.82, 2.24) is 10.6 Å². The van der Waals surface area contributed by atoms with Gasteiger partial charge < -0.3 is 84.3 Å². The molecule has 4 fully saturated rings. The molecule has 2 amide bonds. The lowest BCUT2D eigenvalue weighted by molar-refractivity contribution is -0.298. The Labute approximate surface area is 401 Å². The zero-order valence-electron chi connectivity index (χ0n) is 39.0. The fourth-order valence-electron chi connectivity index (χ4n) is 9.68. The normalized spacial score (nSPS) is 36.9. The summed E-state index contributed by atoms with van der Waals surface area (Å²) in [6.07, 6.45) is -19.2. The van der Waals surface area contributed by atoms with Crippen molar-refractivity contribution in [3.05, 3.63) is 108 Å². The summed E-state index contributed by atoms with van der Waals surface area (Å²) in [6, 6.07) is 25.2. The summed E-state index contributed by atoms with van der Waals surface area (Å²) in [4.78, 5) is 27.1. The summed E-state index contributed by atoms with van der Waals surface area (Å²) in [5.74, 6) is -2.24. The van der Waals surface area contributed by atoms with E-state index in [4.69, 9.17) is 37.9 Å². The first kappa shape index (κ1) is 52.5. The molecule has 19 heteroatoms. The minimum absolute atomic E-state index is 0.0515. The van der Waals surface area contributed by atoms with Crippen molar-refractivity contribution in [2.75, 3.05) is 13.2 Å². The Hall–Kier alpha value is -4.32. The number of nitrogens with one attached hydrogen (secondary N) is 2. The Balaban J connectivity index is 1.16. The van der Waals surface area contributed by atoms with Gasteiger partial charge in [0.15, 0.2) is 12.6 Å². The monoisotopic (exact) mass is 968 g/mol. The lowest BCUT2D eigenvalue weighted by Crippen LogP contribution is -2.66. The zero-order valence-corrected chi connectivity index (χ0v) is 39.0. The highest BCUT2D eigenvalue weighted by Gasteiger charge is 2.55. The molecule has 7 rings (SSSR count). The molecule has 380 valence electrons. The molecule has 9 N–H and O–H groups in total. The van der Waals surface area contributed by atoms with Crippen LogP contribution in [0.25, 0.3) is 0 Å². The number of aliphatic hydroxyl groups excluding tert-OH is 7. The number of aliphatic hydroxyl groups is 7. The first-order valence-electron chi connectivity index (χ1n) is 23.8. The minimum Gasteiger partial charge on any atom is -0.445 e. The highest BCUT2D eigenvalue weighted by atomic mass is 16.7. The highest BCUT2D eigenvalue weighted by Crippen LogP contribution is 2.41. The molecule has 0 radical (unpaired) electrons. The number of ether oxygens (including phenoxy) is 8. The van der Waals surface area contributed by atoms with E-state index in [1.54, 1.807) is 57.2 Å². The molecule has 3 aliphatic heterocycles. The number of alkyl carbamates (subject to hydrolysis) is 2. The van der Waals surface area contributed by atoms with E-state index in [1.807, 2.05) is 54.6 Å². The average molecular weight is 969 g/mol. The van der Waals surface area contributed by atoms with Gasteiger partial charge in [-0.2, -0.15) is 0 Å². The third-order valence-electron chi connectivity index (χ3n) is 13.7. The van der Waals surface area contributed by atoms with Crippen molar-refractivity contribution in [1.29, 1.82) is 0 Å². The largest absolute Gasteiger partial charge is 0.445 e. The molecular weight excluding hydrogens is 901 g/mol. The fraction of sp³-hybridized carbons (Fsp3) is 0.600. The second-order valence-electron chi connectivity index (χ2n) is 18.6. The van der Waals surface area contributed by atoms with Crippen molar-refractivity contribution >= 4 is 12.2 Å². The smallest absolute Gasteiger partial charge is 0.407 e. The number of amides is 2. The van der Waals surface area contributed by atoms with Crippen LogP contribution in [0.15, 0.2) is 91.0 Å².